The molecule has 1 heterocycles. The predicted octanol–water partition coefficient (Wildman–Crippen LogP) is 4.09. The van der Waals surface area contributed by atoms with E-state index in [0.717, 1.165) is 17.9 Å². The summed E-state index contributed by atoms with van der Waals surface area (Å²) in [6, 6.07) is 16.9. The maximum absolute atomic E-state index is 4.05. The van der Waals surface area contributed by atoms with Crippen molar-refractivity contribution in [2.75, 3.05) is 5.32 Å². The quantitative estimate of drug-likeness (QED) is 0.697. The number of imidazole rings is 1. The highest BCUT2D eigenvalue weighted by Gasteiger charge is 1.97. The number of aromatic nitrogens is 2. The van der Waals surface area contributed by atoms with Crippen LogP contribution < -0.4 is 5.32 Å². The molecule has 0 spiro atoms. The average Bonchev–Trinajstić information content (AvgIpc) is 3.01. The second kappa shape index (κ2) is 6.09. The number of nitrogens with one attached hydrogen (secondary N) is 1. The molecule has 0 radical (unpaired) electrons. The van der Waals surface area contributed by atoms with Gasteiger partial charge in [0.25, 0.3) is 0 Å². The smallest absolute Gasteiger partial charge is 0.0991 e. The Kier molecular flexibility index (Phi) is 4.01. The molecule has 3 aromatic rings. The molecule has 2 aromatic carbocycles. The first kappa shape index (κ1) is 13.2. The lowest BCUT2D eigenvalue weighted by molar-refractivity contribution is 1.05. The number of hydrogen-bond acceptors (Lipinski definition) is 2. The summed E-state index contributed by atoms with van der Waals surface area (Å²) in [7, 11) is 0. The van der Waals surface area contributed by atoms with Crippen molar-refractivity contribution >= 4 is 28.3 Å². The molecular weight excluding hydrogens is 361 g/mol. The lowest BCUT2D eigenvalue weighted by Gasteiger charge is -2.08. The summed E-state index contributed by atoms with van der Waals surface area (Å²) in [6.45, 7) is 0.824. The zero-order chi connectivity index (χ0) is 13.8. The van der Waals surface area contributed by atoms with E-state index in [9.17, 15) is 0 Å². The standard InChI is InChI=1S/C16H14IN3/c17-14-3-5-15(6-4-14)19-11-13-1-7-16(8-2-13)20-10-9-18-12-20/h1-10,12,19H,11H2. The first-order chi connectivity index (χ1) is 9.81. The molecule has 0 fully saturated rings. The van der Waals surface area contributed by atoms with Gasteiger partial charge in [0, 0.05) is 33.9 Å². The van der Waals surface area contributed by atoms with Crippen molar-refractivity contribution < 1.29 is 0 Å². The molecule has 0 saturated carbocycles. The van der Waals surface area contributed by atoms with E-state index in [2.05, 4.69) is 81.4 Å². The van der Waals surface area contributed by atoms with Crippen LogP contribution in [0.4, 0.5) is 5.69 Å². The van der Waals surface area contributed by atoms with Crippen molar-refractivity contribution in [2.24, 2.45) is 0 Å². The van der Waals surface area contributed by atoms with Gasteiger partial charge in [-0.15, -0.1) is 0 Å². The number of hydrogen-bond donors (Lipinski definition) is 1. The third-order valence-electron chi connectivity index (χ3n) is 3.08. The molecule has 100 valence electrons. The van der Waals surface area contributed by atoms with E-state index in [0.29, 0.717) is 0 Å². The topological polar surface area (TPSA) is 29.9 Å². The average molecular weight is 375 g/mol. The van der Waals surface area contributed by atoms with Crippen molar-refractivity contribution in [1.29, 1.82) is 0 Å². The zero-order valence-corrected chi connectivity index (χ0v) is 13.0. The maximum Gasteiger partial charge on any atom is 0.0991 e. The molecule has 0 aliphatic carbocycles. The molecular formula is C16H14IN3. The molecule has 3 nitrogen and oxygen atoms in total. The van der Waals surface area contributed by atoms with Crippen LogP contribution in [0.1, 0.15) is 5.56 Å². The largest absolute Gasteiger partial charge is 0.381 e. The molecule has 4 heteroatoms. The van der Waals surface area contributed by atoms with Crippen LogP contribution in [-0.4, -0.2) is 9.55 Å². The number of benzene rings is 2. The Hall–Kier alpha value is -1.82. The van der Waals surface area contributed by atoms with Crippen LogP contribution in [0.3, 0.4) is 0 Å². The SMILES string of the molecule is Ic1ccc(NCc2ccc(-n3ccnc3)cc2)cc1. The van der Waals surface area contributed by atoms with Gasteiger partial charge in [0.15, 0.2) is 0 Å². The lowest BCUT2D eigenvalue weighted by atomic mass is 10.2. The Balaban J connectivity index is 1.65. The van der Waals surface area contributed by atoms with Gasteiger partial charge in [-0.1, -0.05) is 12.1 Å². The first-order valence-electron chi connectivity index (χ1n) is 6.38. The molecule has 0 unspecified atom stereocenters. The summed E-state index contributed by atoms with van der Waals surface area (Å²) < 4.78 is 3.24. The minimum absolute atomic E-state index is 0.824. The van der Waals surface area contributed by atoms with Gasteiger partial charge in [0.1, 0.15) is 0 Å². The predicted molar refractivity (Wildman–Crippen MR) is 90.0 cm³/mol. The van der Waals surface area contributed by atoms with Crippen molar-refractivity contribution in [3.05, 3.63) is 76.4 Å². The minimum atomic E-state index is 0.824. The van der Waals surface area contributed by atoms with Crippen molar-refractivity contribution in [2.45, 2.75) is 6.54 Å². The Morgan fingerprint density at radius 1 is 1.00 bits per heavy atom. The van der Waals surface area contributed by atoms with Gasteiger partial charge in [0.05, 0.1) is 6.33 Å². The van der Waals surface area contributed by atoms with Crippen LogP contribution in [0.5, 0.6) is 0 Å². The van der Waals surface area contributed by atoms with Gasteiger partial charge in [-0.3, -0.25) is 0 Å². The molecule has 0 aliphatic heterocycles. The van der Waals surface area contributed by atoms with Crippen LogP contribution in [-0.2, 0) is 6.54 Å². The van der Waals surface area contributed by atoms with Gasteiger partial charge in [0.2, 0.25) is 0 Å². The summed E-state index contributed by atoms with van der Waals surface area (Å²) in [4.78, 5) is 4.05. The van der Waals surface area contributed by atoms with E-state index in [1.54, 1.807) is 12.5 Å². The number of nitrogens with zero attached hydrogens (tertiary/aromatic N) is 2. The van der Waals surface area contributed by atoms with Crippen molar-refractivity contribution in [3.8, 4) is 5.69 Å². The molecule has 1 aromatic heterocycles. The fourth-order valence-electron chi connectivity index (χ4n) is 1.97. The maximum atomic E-state index is 4.05. The monoisotopic (exact) mass is 375 g/mol. The van der Waals surface area contributed by atoms with Crippen LogP contribution in [0.15, 0.2) is 67.3 Å². The fourth-order valence-corrected chi connectivity index (χ4v) is 2.33. The van der Waals surface area contributed by atoms with E-state index in [-0.39, 0.29) is 0 Å². The second-order valence-electron chi connectivity index (χ2n) is 4.50. The van der Waals surface area contributed by atoms with Gasteiger partial charge in [-0.05, 0) is 64.6 Å². The normalized spacial score (nSPS) is 10.4. The highest BCUT2D eigenvalue weighted by Crippen LogP contribution is 2.14. The molecule has 1 N–H and O–H groups in total. The van der Waals surface area contributed by atoms with Crippen LogP contribution in [0.25, 0.3) is 5.69 Å². The summed E-state index contributed by atoms with van der Waals surface area (Å²) in [5.74, 6) is 0. The van der Waals surface area contributed by atoms with E-state index < -0.39 is 0 Å². The lowest BCUT2D eigenvalue weighted by Crippen LogP contribution is -1.99. The van der Waals surface area contributed by atoms with E-state index in [1.807, 2.05) is 10.8 Å². The van der Waals surface area contributed by atoms with Gasteiger partial charge in [-0.2, -0.15) is 0 Å². The molecule has 0 bridgehead atoms. The van der Waals surface area contributed by atoms with E-state index in [1.165, 1.54) is 9.13 Å². The molecule has 0 atom stereocenters. The highest BCUT2D eigenvalue weighted by molar-refractivity contribution is 14.1. The third kappa shape index (κ3) is 3.19. The highest BCUT2D eigenvalue weighted by atomic mass is 127. The first-order valence-corrected chi connectivity index (χ1v) is 7.46. The Morgan fingerprint density at radius 3 is 2.40 bits per heavy atom. The van der Waals surface area contributed by atoms with Gasteiger partial charge in [-0.25, -0.2) is 4.98 Å². The minimum Gasteiger partial charge on any atom is -0.381 e. The summed E-state index contributed by atoms with van der Waals surface area (Å²) in [6.07, 6.45) is 5.53. The van der Waals surface area contributed by atoms with E-state index in [4.69, 9.17) is 0 Å². The number of rotatable bonds is 4. The molecule has 0 aliphatic rings. The van der Waals surface area contributed by atoms with Gasteiger partial charge < -0.3 is 9.88 Å². The zero-order valence-electron chi connectivity index (χ0n) is 10.8. The third-order valence-corrected chi connectivity index (χ3v) is 3.80. The van der Waals surface area contributed by atoms with Gasteiger partial charge >= 0.3 is 0 Å². The Bertz CT molecular complexity index is 658. The number of halogens is 1. The van der Waals surface area contributed by atoms with Crippen molar-refractivity contribution in [1.82, 2.24) is 9.55 Å². The van der Waals surface area contributed by atoms with Crippen molar-refractivity contribution in [3.63, 3.8) is 0 Å². The molecule has 0 saturated heterocycles. The van der Waals surface area contributed by atoms with Crippen LogP contribution in [0.2, 0.25) is 0 Å². The summed E-state index contributed by atoms with van der Waals surface area (Å²) >= 11 is 2.31. The summed E-state index contributed by atoms with van der Waals surface area (Å²) in [5.41, 5.74) is 3.53. The fraction of sp³-hybridized carbons (Fsp3) is 0.0625. The molecule has 0 amide bonds. The number of anilines is 1. The summed E-state index contributed by atoms with van der Waals surface area (Å²) in [5, 5.41) is 3.42. The Labute approximate surface area is 131 Å². The molecule has 3 rings (SSSR count). The van der Waals surface area contributed by atoms with E-state index >= 15 is 0 Å². The second-order valence-corrected chi connectivity index (χ2v) is 5.74. The van der Waals surface area contributed by atoms with Crippen LogP contribution >= 0.6 is 22.6 Å². The molecule has 20 heavy (non-hydrogen) atoms. The van der Waals surface area contributed by atoms with Crippen LogP contribution in [0, 0.1) is 3.57 Å². The Morgan fingerprint density at radius 2 is 1.75 bits per heavy atom.